The molecule has 11 N–H and O–H groups in total. The number of guanidine groups is 1. The molecule has 1 aromatic carbocycles. The second-order valence-corrected chi connectivity index (χ2v) is 20.8. The molecular formula is C53H84N6O6. The maximum absolute atomic E-state index is 11.3. The zero-order valence-electron chi connectivity index (χ0n) is 39.8. The molecule has 9 unspecified atom stereocenters. The lowest BCUT2D eigenvalue weighted by Crippen LogP contribution is -2.41. The van der Waals surface area contributed by atoms with Gasteiger partial charge >= 0.3 is 0 Å². The number of nitrogens with two attached hydrogens (primary N) is 2. The van der Waals surface area contributed by atoms with Gasteiger partial charge in [0, 0.05) is 67.4 Å². The molecule has 0 saturated heterocycles. The molecule has 0 aliphatic heterocycles. The zero-order valence-corrected chi connectivity index (χ0v) is 39.8. The van der Waals surface area contributed by atoms with Gasteiger partial charge in [-0.3, -0.25) is 4.99 Å². The first-order valence-electron chi connectivity index (χ1n) is 25.8. The van der Waals surface area contributed by atoms with Gasteiger partial charge in [0.25, 0.3) is 0 Å². The number of rotatable bonds is 23. The summed E-state index contributed by atoms with van der Waals surface area (Å²) >= 11 is 0. The van der Waals surface area contributed by atoms with E-state index in [0.717, 1.165) is 98.7 Å². The number of hydrogen-bond acceptors (Lipinski definition) is 9. The average molecular weight is 901 g/mol. The normalized spacial score (nSPS) is 25.4. The largest absolute Gasteiger partial charge is 0.504 e. The number of nitrogens with zero attached hydrogens (tertiary/aromatic N) is 1. The molecule has 3 saturated carbocycles. The number of H-pyrrole nitrogens is 1. The van der Waals surface area contributed by atoms with Gasteiger partial charge in [-0.2, -0.15) is 0 Å². The van der Waals surface area contributed by atoms with E-state index in [0.29, 0.717) is 72.8 Å². The molecule has 3 aromatic rings. The molecule has 0 spiro atoms. The van der Waals surface area contributed by atoms with Crippen molar-refractivity contribution in [2.75, 3.05) is 26.2 Å². The standard InChI is InChI=1S/C53H84N6O6/c1-34(29-57-53(55)58-42-11-4-3-5-12-42)15-18-37-19-21-41(54)26-39(37)9-6-7-14-51-40(32-60)27-43(65-51)22-16-36-17-24-49(62)52(25-36)64-33-50(63)48-28-45-46(31-56-30-35(2)61)44-13-8-10-38(44)20-23-47(45)59-48/h17,24-25,27-28,34-35,37-39,41-42,44,46,50,56,59-63H,3-16,18-23,26,29-33,54H2,1-2H3,(H3,55,57,58). The number of aliphatic hydroxyl groups is 3. The number of fused-ring (bicyclic) bond motifs is 2. The molecule has 2 aromatic heterocycles. The van der Waals surface area contributed by atoms with Crippen LogP contribution in [0.5, 0.6) is 11.5 Å². The van der Waals surface area contributed by atoms with Crippen LogP contribution < -0.4 is 26.8 Å². The number of benzene rings is 1. The van der Waals surface area contributed by atoms with Gasteiger partial charge in [-0.1, -0.05) is 57.9 Å². The number of unbranched alkanes of at least 4 members (excludes halogenated alkanes) is 1. The monoisotopic (exact) mass is 901 g/mol. The third-order valence-corrected chi connectivity index (χ3v) is 15.7. The first kappa shape index (κ1) is 49.4. The molecule has 4 aliphatic rings. The lowest BCUT2D eigenvalue weighted by molar-refractivity contribution is 0.103. The Bertz CT molecular complexity index is 1920. The van der Waals surface area contributed by atoms with Crippen LogP contribution in [0.2, 0.25) is 0 Å². The van der Waals surface area contributed by atoms with E-state index in [4.69, 9.17) is 25.6 Å². The number of ether oxygens (including phenoxy) is 1. The Morgan fingerprint density at radius 3 is 2.60 bits per heavy atom. The predicted octanol–water partition coefficient (Wildman–Crippen LogP) is 8.23. The van der Waals surface area contributed by atoms with E-state index in [1.54, 1.807) is 6.07 Å². The molecular weight excluding hydrogens is 817 g/mol. The predicted molar refractivity (Wildman–Crippen MR) is 259 cm³/mol. The van der Waals surface area contributed by atoms with Gasteiger partial charge in [-0.25, -0.2) is 0 Å². The lowest BCUT2D eigenvalue weighted by Gasteiger charge is -2.35. The Kier molecular flexibility index (Phi) is 18.6. The van der Waals surface area contributed by atoms with E-state index in [1.165, 1.54) is 81.9 Å². The van der Waals surface area contributed by atoms with E-state index >= 15 is 0 Å². The highest BCUT2D eigenvalue weighted by Gasteiger charge is 2.38. The number of hydrogen-bond donors (Lipinski definition) is 9. The third-order valence-electron chi connectivity index (χ3n) is 15.7. The van der Waals surface area contributed by atoms with Crippen molar-refractivity contribution in [2.45, 2.75) is 186 Å². The summed E-state index contributed by atoms with van der Waals surface area (Å²) in [4.78, 5) is 8.26. The molecule has 0 radical (unpaired) electrons. The van der Waals surface area contributed by atoms with Crippen molar-refractivity contribution >= 4 is 5.96 Å². The number of phenols is 1. The van der Waals surface area contributed by atoms with Crippen molar-refractivity contribution in [3.8, 4) is 11.5 Å². The van der Waals surface area contributed by atoms with E-state index < -0.39 is 12.2 Å². The summed E-state index contributed by atoms with van der Waals surface area (Å²) < 4.78 is 12.4. The average Bonchev–Trinajstić information content (AvgIpc) is 4.04. The zero-order chi connectivity index (χ0) is 45.7. The number of aromatic nitrogens is 1. The first-order valence-corrected chi connectivity index (χ1v) is 25.8. The Hall–Kier alpha value is -3.55. The minimum atomic E-state index is -0.881. The van der Waals surface area contributed by atoms with Crippen LogP contribution in [-0.2, 0) is 32.3 Å². The van der Waals surface area contributed by atoms with Crippen LogP contribution in [0, 0.1) is 29.6 Å². The van der Waals surface area contributed by atoms with Crippen LogP contribution in [-0.4, -0.2) is 75.8 Å². The number of aromatic hydroxyl groups is 1. The van der Waals surface area contributed by atoms with E-state index in [-0.39, 0.29) is 19.0 Å². The molecule has 0 amide bonds. The lowest BCUT2D eigenvalue weighted by atomic mass is 9.72. The summed E-state index contributed by atoms with van der Waals surface area (Å²) in [5.41, 5.74) is 17.8. The highest BCUT2D eigenvalue weighted by Crippen LogP contribution is 2.47. The molecule has 3 fully saturated rings. The fourth-order valence-corrected chi connectivity index (χ4v) is 12.0. The van der Waals surface area contributed by atoms with Crippen LogP contribution >= 0.6 is 0 Å². The Labute approximate surface area is 389 Å². The molecule has 2 heterocycles. The second-order valence-electron chi connectivity index (χ2n) is 20.8. The smallest absolute Gasteiger partial charge is 0.188 e. The first-order chi connectivity index (χ1) is 31.5. The summed E-state index contributed by atoms with van der Waals surface area (Å²) in [6.45, 7) is 6.23. The topological polar surface area (TPSA) is 208 Å². The number of furan rings is 1. The van der Waals surface area contributed by atoms with E-state index in [1.807, 2.05) is 25.1 Å². The van der Waals surface area contributed by atoms with Crippen molar-refractivity contribution in [1.82, 2.24) is 15.6 Å². The van der Waals surface area contributed by atoms with Crippen molar-refractivity contribution in [3.63, 3.8) is 0 Å². The van der Waals surface area contributed by atoms with Gasteiger partial charge in [0.2, 0.25) is 0 Å². The van der Waals surface area contributed by atoms with Crippen LogP contribution in [0.1, 0.15) is 175 Å². The highest BCUT2D eigenvalue weighted by molar-refractivity contribution is 5.78. The molecule has 12 heteroatoms. The van der Waals surface area contributed by atoms with Crippen molar-refractivity contribution < 1.29 is 29.6 Å². The minimum absolute atomic E-state index is 0.00602. The maximum Gasteiger partial charge on any atom is 0.188 e. The summed E-state index contributed by atoms with van der Waals surface area (Å²) in [7, 11) is 0. The summed E-state index contributed by atoms with van der Waals surface area (Å²) in [6.07, 6.45) is 22.1. The molecule has 7 rings (SSSR count). The summed E-state index contributed by atoms with van der Waals surface area (Å²) in [5, 5.41) is 49.1. The summed E-state index contributed by atoms with van der Waals surface area (Å²) in [6, 6.07) is 10.3. The van der Waals surface area contributed by atoms with Gasteiger partial charge in [-0.15, -0.1) is 0 Å². The van der Waals surface area contributed by atoms with E-state index in [9.17, 15) is 20.4 Å². The SMILES string of the molecule is CC(O)CNCC1c2cc(C(O)COc3cc(CCc4cc(CO)c(CCCCC5CC(N)CCC5CCC(C)CN=C(N)NC5CCCCC5)o4)ccc3O)[nH]c2CCC2CCCC21. The Balaban J connectivity index is 0.856. The van der Waals surface area contributed by atoms with Crippen molar-refractivity contribution in [2.24, 2.45) is 46.0 Å². The molecule has 12 nitrogen and oxygen atoms in total. The molecule has 65 heavy (non-hydrogen) atoms. The van der Waals surface area contributed by atoms with E-state index in [2.05, 4.69) is 28.6 Å². The number of aryl methyl sites for hydroxylation is 4. The summed E-state index contributed by atoms with van der Waals surface area (Å²) in [5.74, 6) is 6.22. The fourth-order valence-electron chi connectivity index (χ4n) is 12.0. The van der Waals surface area contributed by atoms with Crippen molar-refractivity contribution in [1.29, 1.82) is 0 Å². The Morgan fingerprint density at radius 1 is 0.938 bits per heavy atom. The molecule has 0 bridgehead atoms. The van der Waals surface area contributed by atoms with Gasteiger partial charge in [0.15, 0.2) is 17.5 Å². The minimum Gasteiger partial charge on any atom is -0.504 e. The number of nitrogens with one attached hydrogen (secondary N) is 3. The van der Waals surface area contributed by atoms with Crippen molar-refractivity contribution in [3.05, 3.63) is 69.9 Å². The van der Waals surface area contributed by atoms with Gasteiger partial charge < -0.3 is 56.7 Å². The molecule has 9 atom stereocenters. The third kappa shape index (κ3) is 14.2. The van der Waals surface area contributed by atoms with Crippen LogP contribution in [0.15, 0.2) is 39.7 Å². The van der Waals surface area contributed by atoms with Crippen LogP contribution in [0.3, 0.4) is 0 Å². The van der Waals surface area contributed by atoms with Gasteiger partial charge in [0.1, 0.15) is 24.2 Å². The second kappa shape index (κ2) is 24.5. The highest BCUT2D eigenvalue weighted by atomic mass is 16.5. The van der Waals surface area contributed by atoms with Crippen LogP contribution in [0.25, 0.3) is 0 Å². The number of aliphatic hydroxyl groups excluding tert-OH is 3. The van der Waals surface area contributed by atoms with Crippen LogP contribution in [0.4, 0.5) is 0 Å². The fraction of sp³-hybridized carbons (Fsp3) is 0.717. The molecule has 362 valence electrons. The Morgan fingerprint density at radius 2 is 1.78 bits per heavy atom. The number of aliphatic imine (C=N–C) groups is 1. The quantitative estimate of drug-likeness (QED) is 0.0253. The maximum atomic E-state index is 11.3. The number of aromatic amines is 1. The molecule has 4 aliphatic carbocycles. The van der Waals surface area contributed by atoms with Gasteiger partial charge in [0.05, 0.1) is 12.7 Å². The van der Waals surface area contributed by atoms with Gasteiger partial charge in [-0.05, 0) is 149 Å². The number of phenolic OH excluding ortho intramolecular Hbond substituents is 1.